The molecule has 0 radical (unpaired) electrons. The molecule has 1 heterocycles. The lowest BCUT2D eigenvalue weighted by atomic mass is 9.95. The van der Waals surface area contributed by atoms with Crippen LogP contribution in [0.5, 0.6) is 0 Å². The number of nitrogens with zero attached hydrogens (tertiary/aromatic N) is 2. The summed E-state index contributed by atoms with van der Waals surface area (Å²) in [5, 5.41) is 3.50. The molecule has 2 aromatic rings. The monoisotopic (exact) mass is 381 g/mol. The summed E-state index contributed by atoms with van der Waals surface area (Å²) in [5.74, 6) is 0.985. The molecule has 0 bridgehead atoms. The first-order valence-corrected chi connectivity index (χ1v) is 8.39. The fourth-order valence-corrected chi connectivity index (χ4v) is 3.45. The average molecular weight is 381 g/mol. The minimum absolute atomic E-state index is 0.605. The predicted octanol–water partition coefficient (Wildman–Crippen LogP) is 5.04. The first kappa shape index (κ1) is 13.9. The van der Waals surface area contributed by atoms with Gasteiger partial charge in [0, 0.05) is 15.8 Å². The average Bonchev–Trinajstić information content (AvgIpc) is 2.83. The third-order valence-electron chi connectivity index (χ3n) is 3.94. The van der Waals surface area contributed by atoms with Gasteiger partial charge in [0.05, 0.1) is 11.4 Å². The van der Waals surface area contributed by atoms with E-state index in [4.69, 9.17) is 0 Å². The molecule has 106 valence electrons. The highest BCUT2D eigenvalue weighted by molar-refractivity contribution is 14.1. The Balaban J connectivity index is 1.87. The largest absolute Gasteiger partial charge is 0.325 e. The molecule has 1 N–H and O–H groups in total. The third kappa shape index (κ3) is 3.00. The Kier molecular flexibility index (Phi) is 4.29. The van der Waals surface area contributed by atoms with Crippen LogP contribution in [-0.2, 0) is 0 Å². The van der Waals surface area contributed by atoms with Crippen LogP contribution in [0.2, 0.25) is 0 Å². The van der Waals surface area contributed by atoms with Crippen LogP contribution < -0.4 is 5.32 Å². The first-order chi connectivity index (χ1) is 9.74. The van der Waals surface area contributed by atoms with Crippen molar-refractivity contribution in [3.8, 4) is 0 Å². The van der Waals surface area contributed by atoms with Gasteiger partial charge in [0.2, 0.25) is 5.95 Å². The molecular formula is C16H20IN3. The number of halogens is 1. The van der Waals surface area contributed by atoms with Crippen LogP contribution in [0, 0.1) is 10.5 Å². The number of aryl methyl sites for hydroxylation is 1. The molecule has 3 rings (SSSR count). The molecule has 1 saturated carbocycles. The fourth-order valence-electron chi connectivity index (χ4n) is 2.93. The van der Waals surface area contributed by atoms with Crippen molar-refractivity contribution in [2.24, 2.45) is 0 Å². The second-order valence-electron chi connectivity index (χ2n) is 5.51. The van der Waals surface area contributed by atoms with Crippen LogP contribution in [-0.4, -0.2) is 9.55 Å². The van der Waals surface area contributed by atoms with E-state index in [1.807, 2.05) is 0 Å². The van der Waals surface area contributed by atoms with Crippen LogP contribution in [0.4, 0.5) is 11.6 Å². The van der Waals surface area contributed by atoms with Crippen molar-refractivity contribution in [1.82, 2.24) is 9.55 Å². The maximum atomic E-state index is 4.67. The molecule has 3 nitrogen and oxygen atoms in total. The Hall–Kier alpha value is -1.04. The van der Waals surface area contributed by atoms with Crippen molar-refractivity contribution >= 4 is 34.2 Å². The fraction of sp³-hybridized carbons (Fsp3) is 0.438. The summed E-state index contributed by atoms with van der Waals surface area (Å²) in [6.45, 7) is 2.07. The summed E-state index contributed by atoms with van der Waals surface area (Å²) in [4.78, 5) is 4.67. The predicted molar refractivity (Wildman–Crippen MR) is 91.5 cm³/mol. The topological polar surface area (TPSA) is 29.9 Å². The molecule has 0 atom stereocenters. The molecule has 1 aliphatic rings. The molecule has 20 heavy (non-hydrogen) atoms. The Bertz CT molecular complexity index is 585. The summed E-state index contributed by atoms with van der Waals surface area (Å²) >= 11 is 2.36. The van der Waals surface area contributed by atoms with Crippen molar-refractivity contribution in [1.29, 1.82) is 0 Å². The zero-order valence-corrected chi connectivity index (χ0v) is 13.9. The van der Waals surface area contributed by atoms with Gasteiger partial charge >= 0.3 is 0 Å². The number of rotatable bonds is 3. The van der Waals surface area contributed by atoms with Gasteiger partial charge in [-0.15, -0.1) is 0 Å². The van der Waals surface area contributed by atoms with Gasteiger partial charge in [-0.2, -0.15) is 0 Å². The number of anilines is 2. The molecule has 1 aromatic heterocycles. The Labute approximate surface area is 133 Å². The highest BCUT2D eigenvalue weighted by atomic mass is 127. The van der Waals surface area contributed by atoms with Crippen molar-refractivity contribution in [2.75, 3.05) is 5.32 Å². The Morgan fingerprint density at radius 3 is 2.70 bits per heavy atom. The number of hydrogen-bond acceptors (Lipinski definition) is 2. The molecule has 4 heteroatoms. The van der Waals surface area contributed by atoms with E-state index in [1.165, 1.54) is 35.7 Å². The van der Waals surface area contributed by atoms with Gasteiger partial charge in [-0.3, -0.25) is 0 Å². The quantitative estimate of drug-likeness (QED) is 0.755. The van der Waals surface area contributed by atoms with E-state index >= 15 is 0 Å². The number of hydrogen-bond donors (Lipinski definition) is 1. The van der Waals surface area contributed by atoms with Crippen LogP contribution >= 0.6 is 22.6 Å². The standard InChI is InChI=1S/C16H20IN3/c1-12-11-20(13-7-3-2-4-8-13)16(18-12)19-15-10-6-5-9-14(15)17/h5-6,9-11,13H,2-4,7-8H2,1H3,(H,18,19). The molecule has 1 aliphatic carbocycles. The van der Waals surface area contributed by atoms with Gasteiger partial charge < -0.3 is 9.88 Å². The maximum absolute atomic E-state index is 4.67. The summed E-state index contributed by atoms with van der Waals surface area (Å²) in [7, 11) is 0. The van der Waals surface area contributed by atoms with Crippen molar-refractivity contribution in [3.63, 3.8) is 0 Å². The van der Waals surface area contributed by atoms with Crippen LogP contribution in [0.25, 0.3) is 0 Å². The summed E-state index contributed by atoms with van der Waals surface area (Å²) in [5.41, 5.74) is 2.22. The smallest absolute Gasteiger partial charge is 0.207 e. The van der Waals surface area contributed by atoms with Gasteiger partial charge in [0.25, 0.3) is 0 Å². The third-order valence-corrected chi connectivity index (χ3v) is 4.88. The van der Waals surface area contributed by atoms with E-state index in [9.17, 15) is 0 Å². The van der Waals surface area contributed by atoms with Crippen LogP contribution in [0.3, 0.4) is 0 Å². The van der Waals surface area contributed by atoms with E-state index in [2.05, 4.69) is 74.8 Å². The molecule has 0 aliphatic heterocycles. The Morgan fingerprint density at radius 2 is 1.95 bits per heavy atom. The van der Waals surface area contributed by atoms with E-state index in [0.29, 0.717) is 6.04 Å². The first-order valence-electron chi connectivity index (χ1n) is 7.31. The highest BCUT2D eigenvalue weighted by Gasteiger charge is 2.19. The zero-order chi connectivity index (χ0) is 13.9. The number of imidazole rings is 1. The lowest BCUT2D eigenvalue weighted by Crippen LogP contribution is -2.14. The van der Waals surface area contributed by atoms with Gasteiger partial charge in [-0.05, 0) is 54.5 Å². The molecule has 0 amide bonds. The van der Waals surface area contributed by atoms with Gasteiger partial charge in [0.1, 0.15) is 0 Å². The van der Waals surface area contributed by atoms with Gasteiger partial charge in [-0.1, -0.05) is 31.4 Å². The SMILES string of the molecule is Cc1cn(C2CCCCC2)c(Nc2ccccc2I)n1. The Morgan fingerprint density at radius 1 is 1.20 bits per heavy atom. The van der Waals surface area contributed by atoms with E-state index in [-0.39, 0.29) is 0 Å². The van der Waals surface area contributed by atoms with Gasteiger partial charge in [0.15, 0.2) is 0 Å². The van der Waals surface area contributed by atoms with Crippen LogP contribution in [0.1, 0.15) is 43.8 Å². The highest BCUT2D eigenvalue weighted by Crippen LogP contribution is 2.32. The van der Waals surface area contributed by atoms with Crippen molar-refractivity contribution in [3.05, 3.63) is 39.7 Å². The summed E-state index contributed by atoms with van der Waals surface area (Å²) in [6, 6.07) is 8.95. The number of para-hydroxylation sites is 1. The molecular weight excluding hydrogens is 361 g/mol. The van der Waals surface area contributed by atoms with Crippen molar-refractivity contribution in [2.45, 2.75) is 45.1 Å². The summed E-state index contributed by atoms with van der Waals surface area (Å²) < 4.78 is 3.57. The minimum atomic E-state index is 0.605. The minimum Gasteiger partial charge on any atom is -0.325 e. The number of benzene rings is 1. The molecule has 0 spiro atoms. The van der Waals surface area contributed by atoms with E-state index in [0.717, 1.165) is 17.3 Å². The van der Waals surface area contributed by atoms with E-state index < -0.39 is 0 Å². The van der Waals surface area contributed by atoms with E-state index in [1.54, 1.807) is 0 Å². The van der Waals surface area contributed by atoms with Gasteiger partial charge in [-0.25, -0.2) is 4.98 Å². The lowest BCUT2D eigenvalue weighted by molar-refractivity contribution is 0.356. The molecule has 1 aromatic carbocycles. The molecule has 0 saturated heterocycles. The number of aromatic nitrogens is 2. The molecule has 0 unspecified atom stereocenters. The molecule has 1 fully saturated rings. The summed E-state index contributed by atoms with van der Waals surface area (Å²) in [6.07, 6.45) is 8.79. The van der Waals surface area contributed by atoms with Crippen molar-refractivity contribution < 1.29 is 0 Å². The zero-order valence-electron chi connectivity index (χ0n) is 11.8. The van der Waals surface area contributed by atoms with Crippen LogP contribution in [0.15, 0.2) is 30.5 Å². The second-order valence-corrected chi connectivity index (χ2v) is 6.67. The second kappa shape index (κ2) is 6.16. The lowest BCUT2D eigenvalue weighted by Gasteiger charge is -2.24. The maximum Gasteiger partial charge on any atom is 0.207 e. The number of nitrogens with one attached hydrogen (secondary N) is 1. The normalized spacial score (nSPS) is 16.3.